The lowest BCUT2D eigenvalue weighted by Crippen LogP contribution is -2.30. The fraction of sp³-hybridized carbons (Fsp3) is 0.462. The lowest BCUT2D eigenvalue weighted by molar-refractivity contribution is 0.0821. The SMILES string of the molecule is CC1CN(c2ccc(C(=N)N)cc2)CCCO1. The molecule has 1 atom stereocenters. The van der Waals surface area contributed by atoms with Crippen molar-refractivity contribution in [1.82, 2.24) is 0 Å². The van der Waals surface area contributed by atoms with E-state index in [1.807, 2.05) is 24.3 Å². The fourth-order valence-electron chi connectivity index (χ4n) is 2.08. The highest BCUT2D eigenvalue weighted by Gasteiger charge is 2.15. The molecule has 0 radical (unpaired) electrons. The van der Waals surface area contributed by atoms with Crippen molar-refractivity contribution in [2.75, 3.05) is 24.6 Å². The van der Waals surface area contributed by atoms with E-state index in [4.69, 9.17) is 15.9 Å². The Hall–Kier alpha value is -1.55. The Kier molecular flexibility index (Phi) is 3.64. The fourth-order valence-corrected chi connectivity index (χ4v) is 2.08. The van der Waals surface area contributed by atoms with E-state index in [1.54, 1.807) is 0 Å². The third-order valence-corrected chi connectivity index (χ3v) is 3.00. The summed E-state index contributed by atoms with van der Waals surface area (Å²) in [4.78, 5) is 2.32. The van der Waals surface area contributed by atoms with E-state index in [-0.39, 0.29) is 11.9 Å². The van der Waals surface area contributed by atoms with Gasteiger partial charge in [-0.1, -0.05) is 0 Å². The number of benzene rings is 1. The van der Waals surface area contributed by atoms with Crippen LogP contribution in [0.3, 0.4) is 0 Å². The first-order valence-corrected chi connectivity index (χ1v) is 5.98. The Balaban J connectivity index is 2.12. The largest absolute Gasteiger partial charge is 0.384 e. The summed E-state index contributed by atoms with van der Waals surface area (Å²) in [6.45, 7) is 4.87. The van der Waals surface area contributed by atoms with Crippen LogP contribution in [0, 0.1) is 5.41 Å². The number of nitrogens with one attached hydrogen (secondary N) is 1. The van der Waals surface area contributed by atoms with E-state index in [0.717, 1.165) is 31.7 Å². The minimum absolute atomic E-state index is 0.115. The van der Waals surface area contributed by atoms with Gasteiger partial charge in [-0.2, -0.15) is 0 Å². The quantitative estimate of drug-likeness (QED) is 0.602. The second-order valence-corrected chi connectivity index (χ2v) is 4.44. The summed E-state index contributed by atoms with van der Waals surface area (Å²) in [5, 5.41) is 7.36. The van der Waals surface area contributed by atoms with E-state index in [0.29, 0.717) is 0 Å². The molecule has 0 saturated carbocycles. The molecule has 1 aromatic carbocycles. The van der Waals surface area contributed by atoms with Crippen molar-refractivity contribution in [1.29, 1.82) is 5.41 Å². The van der Waals surface area contributed by atoms with Crippen LogP contribution in [0.4, 0.5) is 5.69 Å². The molecule has 1 aliphatic heterocycles. The number of amidine groups is 1. The van der Waals surface area contributed by atoms with Gasteiger partial charge in [0.15, 0.2) is 0 Å². The second-order valence-electron chi connectivity index (χ2n) is 4.44. The molecule has 1 fully saturated rings. The zero-order valence-electron chi connectivity index (χ0n) is 10.1. The standard InChI is InChI=1S/C13H19N3O/c1-10-9-16(7-2-8-17-10)12-5-3-11(4-6-12)13(14)15/h3-6,10H,2,7-9H2,1H3,(H3,14,15). The molecule has 1 unspecified atom stereocenters. The van der Waals surface area contributed by atoms with Gasteiger partial charge in [0.25, 0.3) is 0 Å². The van der Waals surface area contributed by atoms with Gasteiger partial charge in [-0.25, -0.2) is 0 Å². The van der Waals surface area contributed by atoms with E-state index in [9.17, 15) is 0 Å². The molecule has 0 bridgehead atoms. The molecular weight excluding hydrogens is 214 g/mol. The van der Waals surface area contributed by atoms with Crippen LogP contribution in [-0.4, -0.2) is 31.6 Å². The summed E-state index contributed by atoms with van der Waals surface area (Å²) in [6, 6.07) is 7.84. The van der Waals surface area contributed by atoms with Crippen LogP contribution in [-0.2, 0) is 4.74 Å². The Labute approximate surface area is 102 Å². The predicted octanol–water partition coefficient (Wildman–Crippen LogP) is 1.59. The topological polar surface area (TPSA) is 62.3 Å². The van der Waals surface area contributed by atoms with Crippen molar-refractivity contribution in [2.24, 2.45) is 5.73 Å². The monoisotopic (exact) mass is 233 g/mol. The summed E-state index contributed by atoms with van der Waals surface area (Å²) in [6.07, 6.45) is 1.32. The zero-order chi connectivity index (χ0) is 12.3. The van der Waals surface area contributed by atoms with Crippen molar-refractivity contribution in [3.63, 3.8) is 0 Å². The minimum Gasteiger partial charge on any atom is -0.384 e. The first-order valence-electron chi connectivity index (χ1n) is 5.98. The van der Waals surface area contributed by atoms with Gasteiger partial charge in [0.05, 0.1) is 6.10 Å². The Morgan fingerprint density at radius 2 is 2.12 bits per heavy atom. The number of nitrogen functional groups attached to an aromatic ring is 1. The second kappa shape index (κ2) is 5.19. The van der Waals surface area contributed by atoms with Crippen molar-refractivity contribution >= 4 is 11.5 Å². The van der Waals surface area contributed by atoms with E-state index in [1.165, 1.54) is 5.69 Å². The number of ether oxygens (including phenoxy) is 1. The van der Waals surface area contributed by atoms with Crippen LogP contribution in [0.25, 0.3) is 0 Å². The Morgan fingerprint density at radius 1 is 1.41 bits per heavy atom. The number of nitrogens with zero attached hydrogens (tertiary/aromatic N) is 1. The van der Waals surface area contributed by atoms with Gasteiger partial charge in [0.2, 0.25) is 0 Å². The summed E-state index contributed by atoms with van der Waals surface area (Å²) in [5.74, 6) is 0.115. The van der Waals surface area contributed by atoms with Crippen molar-refractivity contribution < 1.29 is 4.74 Å². The zero-order valence-corrected chi connectivity index (χ0v) is 10.1. The summed E-state index contributed by atoms with van der Waals surface area (Å²) < 4.78 is 5.62. The number of anilines is 1. The molecule has 0 amide bonds. The molecule has 0 aromatic heterocycles. The average molecular weight is 233 g/mol. The van der Waals surface area contributed by atoms with Crippen LogP contribution in [0.5, 0.6) is 0 Å². The molecule has 4 heteroatoms. The highest BCUT2D eigenvalue weighted by Crippen LogP contribution is 2.18. The van der Waals surface area contributed by atoms with Gasteiger partial charge in [-0.05, 0) is 37.6 Å². The molecular formula is C13H19N3O. The highest BCUT2D eigenvalue weighted by molar-refractivity contribution is 5.95. The number of nitrogens with two attached hydrogens (primary N) is 1. The molecule has 0 aliphatic carbocycles. The minimum atomic E-state index is 0.115. The molecule has 3 N–H and O–H groups in total. The first-order chi connectivity index (χ1) is 8.16. The molecule has 17 heavy (non-hydrogen) atoms. The third-order valence-electron chi connectivity index (χ3n) is 3.00. The summed E-state index contributed by atoms with van der Waals surface area (Å²) in [7, 11) is 0. The highest BCUT2D eigenvalue weighted by atomic mass is 16.5. The molecule has 0 spiro atoms. The van der Waals surface area contributed by atoms with Gasteiger partial charge in [0, 0.05) is 30.9 Å². The average Bonchev–Trinajstić information content (AvgIpc) is 2.54. The third kappa shape index (κ3) is 2.97. The van der Waals surface area contributed by atoms with Crippen molar-refractivity contribution in [2.45, 2.75) is 19.4 Å². The summed E-state index contributed by atoms with van der Waals surface area (Å²) in [5.41, 5.74) is 7.38. The lowest BCUT2D eigenvalue weighted by atomic mass is 10.1. The molecule has 1 heterocycles. The van der Waals surface area contributed by atoms with Gasteiger partial charge in [0.1, 0.15) is 5.84 Å². The van der Waals surface area contributed by atoms with Gasteiger partial charge in [-0.3, -0.25) is 5.41 Å². The Bertz CT molecular complexity index is 388. The molecule has 1 aromatic rings. The number of hydrogen-bond acceptors (Lipinski definition) is 3. The van der Waals surface area contributed by atoms with Crippen LogP contribution < -0.4 is 10.6 Å². The number of hydrogen-bond donors (Lipinski definition) is 2. The first kappa shape index (κ1) is 11.9. The van der Waals surface area contributed by atoms with Crippen LogP contribution in [0.15, 0.2) is 24.3 Å². The maximum Gasteiger partial charge on any atom is 0.122 e. The van der Waals surface area contributed by atoms with E-state index < -0.39 is 0 Å². The smallest absolute Gasteiger partial charge is 0.122 e. The predicted molar refractivity (Wildman–Crippen MR) is 69.7 cm³/mol. The van der Waals surface area contributed by atoms with Gasteiger partial charge < -0.3 is 15.4 Å². The molecule has 2 rings (SSSR count). The van der Waals surface area contributed by atoms with Crippen molar-refractivity contribution in [3.05, 3.63) is 29.8 Å². The molecule has 1 aliphatic rings. The number of rotatable bonds is 2. The van der Waals surface area contributed by atoms with Crippen LogP contribution in [0.2, 0.25) is 0 Å². The summed E-state index contributed by atoms with van der Waals surface area (Å²) >= 11 is 0. The van der Waals surface area contributed by atoms with Crippen molar-refractivity contribution in [3.8, 4) is 0 Å². The van der Waals surface area contributed by atoms with Crippen LogP contribution in [0.1, 0.15) is 18.9 Å². The van der Waals surface area contributed by atoms with E-state index in [2.05, 4.69) is 11.8 Å². The molecule has 1 saturated heterocycles. The van der Waals surface area contributed by atoms with Gasteiger partial charge in [-0.15, -0.1) is 0 Å². The molecule has 92 valence electrons. The van der Waals surface area contributed by atoms with E-state index >= 15 is 0 Å². The molecule has 4 nitrogen and oxygen atoms in total. The normalized spacial score (nSPS) is 21.0. The maximum absolute atomic E-state index is 7.36. The lowest BCUT2D eigenvalue weighted by Gasteiger charge is -2.24. The van der Waals surface area contributed by atoms with Gasteiger partial charge >= 0.3 is 0 Å². The Morgan fingerprint density at radius 3 is 2.76 bits per heavy atom. The maximum atomic E-state index is 7.36. The van der Waals surface area contributed by atoms with Crippen LogP contribution >= 0.6 is 0 Å².